The van der Waals surface area contributed by atoms with Crippen LogP contribution in [0.25, 0.3) is 0 Å². The van der Waals surface area contributed by atoms with E-state index in [1.54, 1.807) is 0 Å². The van der Waals surface area contributed by atoms with Crippen molar-refractivity contribution < 1.29 is 9.59 Å². The topological polar surface area (TPSA) is 40.6 Å². The number of hydrogen-bond acceptors (Lipinski definition) is 2. The first-order chi connectivity index (χ1) is 16.5. The van der Waals surface area contributed by atoms with E-state index in [1.165, 1.54) is 12.2 Å². The van der Waals surface area contributed by atoms with Crippen LogP contribution < -0.4 is 0 Å². The highest BCUT2D eigenvalue weighted by Gasteiger charge is 2.12. The average molecular weight is 461 g/mol. The second-order valence-electron chi connectivity index (χ2n) is 9.00. The molecule has 0 radical (unpaired) electrons. The smallest absolute Gasteiger partial charge is 0.246 e. The van der Waals surface area contributed by atoms with E-state index in [0.29, 0.717) is 19.0 Å². The molecule has 2 aromatic carbocycles. The highest BCUT2D eigenvalue weighted by atomic mass is 16.2. The Bertz CT molecular complexity index is 806. The van der Waals surface area contributed by atoms with Crippen molar-refractivity contribution in [3.8, 4) is 0 Å². The quantitative estimate of drug-likeness (QED) is 0.215. The number of carbonyl (C=O) groups is 2. The predicted octanol–water partition coefficient (Wildman–Crippen LogP) is 6.39. The van der Waals surface area contributed by atoms with Crippen molar-refractivity contribution >= 4 is 11.8 Å². The first-order valence-electron chi connectivity index (χ1n) is 12.4. The number of unbranched alkanes of at least 4 members (excludes halogenated alkanes) is 2. The number of carbonyl (C=O) groups excluding carboxylic acids is 2. The monoisotopic (exact) mass is 460 g/mol. The van der Waals surface area contributed by atoms with Crippen LogP contribution in [0, 0.1) is 5.92 Å². The molecule has 34 heavy (non-hydrogen) atoms. The van der Waals surface area contributed by atoms with E-state index >= 15 is 0 Å². The zero-order valence-corrected chi connectivity index (χ0v) is 20.7. The highest BCUT2D eigenvalue weighted by molar-refractivity contribution is 5.87. The summed E-state index contributed by atoms with van der Waals surface area (Å²) < 4.78 is 0. The van der Waals surface area contributed by atoms with Crippen LogP contribution in [0.3, 0.4) is 0 Å². The highest BCUT2D eigenvalue weighted by Crippen LogP contribution is 2.17. The third-order valence-corrected chi connectivity index (χ3v) is 6.16. The van der Waals surface area contributed by atoms with Gasteiger partial charge in [0, 0.05) is 26.2 Å². The number of amides is 2. The van der Waals surface area contributed by atoms with E-state index in [-0.39, 0.29) is 11.8 Å². The summed E-state index contributed by atoms with van der Waals surface area (Å²) in [5.41, 5.74) is 2.28. The molecule has 0 spiro atoms. The van der Waals surface area contributed by atoms with Crippen molar-refractivity contribution in [2.24, 2.45) is 5.92 Å². The molecule has 0 unspecified atom stereocenters. The van der Waals surface area contributed by atoms with Crippen molar-refractivity contribution in [1.29, 1.82) is 0 Å². The molecule has 2 rings (SSSR count). The van der Waals surface area contributed by atoms with Gasteiger partial charge in [-0.25, -0.2) is 0 Å². The standard InChI is InChI=1S/C30H40N2O2/c1-4-29(33)31(24-27-18-8-6-9-19-27)22-14-12-16-26(3)17-13-15-23-32(30(34)5-2)25-28-20-10-7-11-21-28/h4-11,18-21,26H,1-2,12-17,22-25H2,3H3. The number of rotatable bonds is 16. The molecule has 0 heterocycles. The van der Waals surface area contributed by atoms with Gasteiger partial charge in [-0.2, -0.15) is 0 Å². The molecule has 0 N–H and O–H groups in total. The largest absolute Gasteiger partial charge is 0.335 e. The van der Waals surface area contributed by atoms with Crippen LogP contribution in [-0.2, 0) is 22.7 Å². The molecule has 0 aliphatic rings. The maximum Gasteiger partial charge on any atom is 0.246 e. The van der Waals surface area contributed by atoms with Crippen molar-refractivity contribution in [3.63, 3.8) is 0 Å². The third-order valence-electron chi connectivity index (χ3n) is 6.16. The van der Waals surface area contributed by atoms with Gasteiger partial charge in [-0.05, 0) is 42.0 Å². The predicted molar refractivity (Wildman–Crippen MR) is 141 cm³/mol. The van der Waals surface area contributed by atoms with Gasteiger partial charge in [0.15, 0.2) is 0 Å². The molecule has 0 aromatic heterocycles. The van der Waals surface area contributed by atoms with Gasteiger partial charge < -0.3 is 9.80 Å². The van der Waals surface area contributed by atoms with Crippen LogP contribution in [0.2, 0.25) is 0 Å². The number of nitrogens with zero attached hydrogens (tertiary/aromatic N) is 2. The van der Waals surface area contributed by atoms with E-state index in [2.05, 4.69) is 44.3 Å². The molecule has 0 saturated carbocycles. The van der Waals surface area contributed by atoms with E-state index in [1.807, 2.05) is 46.2 Å². The zero-order chi connectivity index (χ0) is 24.6. The molecule has 0 saturated heterocycles. The maximum absolute atomic E-state index is 12.2. The summed E-state index contributed by atoms with van der Waals surface area (Å²) in [7, 11) is 0. The average Bonchev–Trinajstić information content (AvgIpc) is 2.87. The second-order valence-corrected chi connectivity index (χ2v) is 9.00. The molecular weight excluding hydrogens is 420 g/mol. The molecule has 0 aliphatic carbocycles. The third kappa shape index (κ3) is 10.2. The van der Waals surface area contributed by atoms with Gasteiger partial charge in [0.2, 0.25) is 11.8 Å². The minimum atomic E-state index is -0.00831. The van der Waals surface area contributed by atoms with Crippen molar-refractivity contribution in [1.82, 2.24) is 9.80 Å². The fourth-order valence-electron chi connectivity index (χ4n) is 4.14. The van der Waals surface area contributed by atoms with Crippen molar-refractivity contribution in [2.45, 2.75) is 58.5 Å². The van der Waals surface area contributed by atoms with E-state index in [4.69, 9.17) is 0 Å². The van der Waals surface area contributed by atoms with Gasteiger partial charge in [0.1, 0.15) is 0 Å². The first-order valence-corrected chi connectivity index (χ1v) is 12.4. The number of benzene rings is 2. The SMILES string of the molecule is C=CC(=O)N(CCCCC(C)CCCCN(Cc1ccccc1)C(=O)C=C)Cc1ccccc1. The summed E-state index contributed by atoms with van der Waals surface area (Å²) in [6, 6.07) is 20.2. The lowest BCUT2D eigenvalue weighted by atomic mass is 9.97. The Kier molecular flexibility index (Phi) is 12.5. The molecule has 2 amide bonds. The van der Waals surface area contributed by atoms with Crippen LogP contribution in [0.5, 0.6) is 0 Å². The van der Waals surface area contributed by atoms with Gasteiger partial charge in [-0.3, -0.25) is 9.59 Å². The van der Waals surface area contributed by atoms with Crippen LogP contribution in [-0.4, -0.2) is 34.7 Å². The maximum atomic E-state index is 12.2. The van der Waals surface area contributed by atoms with E-state index in [9.17, 15) is 9.59 Å². The van der Waals surface area contributed by atoms with E-state index < -0.39 is 0 Å². The fraction of sp³-hybridized carbons (Fsp3) is 0.400. The zero-order valence-electron chi connectivity index (χ0n) is 20.7. The molecule has 182 valence electrons. The Labute approximate surface area is 206 Å². The Morgan fingerprint density at radius 2 is 1.09 bits per heavy atom. The molecule has 4 nitrogen and oxygen atoms in total. The Morgan fingerprint density at radius 3 is 1.44 bits per heavy atom. The van der Waals surface area contributed by atoms with Crippen molar-refractivity contribution in [3.05, 3.63) is 97.1 Å². The summed E-state index contributed by atoms with van der Waals surface area (Å²) >= 11 is 0. The van der Waals surface area contributed by atoms with Gasteiger partial charge in [0.25, 0.3) is 0 Å². The number of hydrogen-bond donors (Lipinski definition) is 0. The Hall–Kier alpha value is -3.14. The van der Waals surface area contributed by atoms with Gasteiger partial charge in [0.05, 0.1) is 0 Å². The summed E-state index contributed by atoms with van der Waals surface area (Å²) in [5, 5.41) is 0. The lowest BCUT2D eigenvalue weighted by molar-refractivity contribution is -0.127. The lowest BCUT2D eigenvalue weighted by Gasteiger charge is -2.22. The van der Waals surface area contributed by atoms with Gasteiger partial charge in [-0.15, -0.1) is 0 Å². The van der Waals surface area contributed by atoms with Gasteiger partial charge >= 0.3 is 0 Å². The fourth-order valence-corrected chi connectivity index (χ4v) is 4.14. The lowest BCUT2D eigenvalue weighted by Crippen LogP contribution is -2.30. The molecule has 0 bridgehead atoms. The molecule has 0 fully saturated rings. The Morgan fingerprint density at radius 1 is 0.706 bits per heavy atom. The molecular formula is C30H40N2O2. The molecule has 0 aliphatic heterocycles. The van der Waals surface area contributed by atoms with E-state index in [0.717, 1.165) is 62.7 Å². The molecule has 2 aromatic rings. The molecule has 0 atom stereocenters. The summed E-state index contributed by atoms with van der Waals surface area (Å²) in [6.07, 6.45) is 9.32. The minimum absolute atomic E-state index is 0.00831. The normalized spacial score (nSPS) is 10.6. The summed E-state index contributed by atoms with van der Waals surface area (Å²) in [4.78, 5) is 28.2. The first kappa shape index (κ1) is 27.1. The van der Waals surface area contributed by atoms with Crippen LogP contribution >= 0.6 is 0 Å². The van der Waals surface area contributed by atoms with Gasteiger partial charge in [-0.1, -0.05) is 106 Å². The van der Waals surface area contributed by atoms with Crippen LogP contribution in [0.1, 0.15) is 56.6 Å². The summed E-state index contributed by atoms with van der Waals surface area (Å²) in [5.74, 6) is 0.618. The molecule has 4 heteroatoms. The second kappa shape index (κ2) is 15.7. The summed E-state index contributed by atoms with van der Waals surface area (Å²) in [6.45, 7) is 12.4. The Balaban J connectivity index is 1.66. The van der Waals surface area contributed by atoms with Crippen LogP contribution in [0.4, 0.5) is 0 Å². The minimum Gasteiger partial charge on any atom is -0.335 e. The van der Waals surface area contributed by atoms with Crippen molar-refractivity contribution in [2.75, 3.05) is 13.1 Å². The van der Waals surface area contributed by atoms with Crippen LogP contribution in [0.15, 0.2) is 86.0 Å².